The van der Waals surface area contributed by atoms with Crippen LogP contribution >= 0.6 is 0 Å². The van der Waals surface area contributed by atoms with E-state index >= 15 is 0 Å². The average molecular weight is 319 g/mol. The van der Waals surface area contributed by atoms with Crippen LogP contribution in [-0.4, -0.2) is 48.3 Å². The van der Waals surface area contributed by atoms with Gasteiger partial charge in [-0.3, -0.25) is 4.79 Å². The van der Waals surface area contributed by atoms with Crippen LogP contribution in [-0.2, 0) is 0 Å². The molecule has 1 N–H and O–H groups in total. The lowest BCUT2D eigenvalue weighted by atomic mass is 9.88. The second-order valence-corrected chi connectivity index (χ2v) is 6.61. The lowest BCUT2D eigenvalue weighted by Gasteiger charge is -2.47. The van der Waals surface area contributed by atoms with E-state index in [1.54, 1.807) is 30.2 Å². The predicted octanol–water partition coefficient (Wildman–Crippen LogP) is 2.47. The van der Waals surface area contributed by atoms with Gasteiger partial charge >= 0.3 is 0 Å². The number of ether oxygens (including phenoxy) is 2. The topological polar surface area (TPSA) is 59.0 Å². The highest BCUT2D eigenvalue weighted by molar-refractivity contribution is 5.95. The van der Waals surface area contributed by atoms with Gasteiger partial charge in [0.25, 0.3) is 5.91 Å². The molecule has 0 atom stereocenters. The van der Waals surface area contributed by atoms with Gasteiger partial charge in [-0.1, -0.05) is 13.3 Å². The van der Waals surface area contributed by atoms with E-state index < -0.39 is 5.60 Å². The summed E-state index contributed by atoms with van der Waals surface area (Å²) in [5.74, 6) is 1.56. The number of carbonyl (C=O) groups is 1. The molecular formula is C18H25NO4. The molecule has 1 heterocycles. The van der Waals surface area contributed by atoms with Gasteiger partial charge < -0.3 is 19.5 Å². The molecule has 2 aliphatic rings. The van der Waals surface area contributed by atoms with Crippen molar-refractivity contribution in [3.05, 3.63) is 23.8 Å². The standard InChI is InChI=1S/C18H25NO4/c1-3-4-9-23-15-8-5-13(10-16(15)22-2)17(20)19-11-18(21,12-19)14-6-7-14/h5,8,10,14,21H,3-4,6-7,9,11-12H2,1-2H3. The summed E-state index contributed by atoms with van der Waals surface area (Å²) in [6.45, 7) is 3.63. The van der Waals surface area contributed by atoms with Crippen molar-refractivity contribution in [2.45, 2.75) is 38.2 Å². The van der Waals surface area contributed by atoms with Gasteiger partial charge in [-0.15, -0.1) is 0 Å². The van der Waals surface area contributed by atoms with Crippen molar-refractivity contribution < 1.29 is 19.4 Å². The first-order valence-corrected chi connectivity index (χ1v) is 8.40. The Morgan fingerprint density at radius 3 is 2.70 bits per heavy atom. The average Bonchev–Trinajstić information content (AvgIpc) is 3.37. The van der Waals surface area contributed by atoms with Crippen LogP contribution in [0.2, 0.25) is 0 Å². The maximum absolute atomic E-state index is 12.5. The highest BCUT2D eigenvalue weighted by Crippen LogP contribution is 2.44. The number of nitrogens with zero attached hydrogens (tertiary/aromatic N) is 1. The van der Waals surface area contributed by atoms with Crippen molar-refractivity contribution in [3.8, 4) is 11.5 Å². The largest absolute Gasteiger partial charge is 0.493 e. The second-order valence-electron chi connectivity index (χ2n) is 6.61. The lowest BCUT2D eigenvalue weighted by molar-refractivity contribution is -0.0958. The minimum absolute atomic E-state index is 0.0614. The zero-order valence-electron chi connectivity index (χ0n) is 13.9. The van der Waals surface area contributed by atoms with Crippen molar-refractivity contribution in [1.29, 1.82) is 0 Å². The molecule has 1 aromatic rings. The molecule has 0 unspecified atom stereocenters. The van der Waals surface area contributed by atoms with Gasteiger partial charge in [0.15, 0.2) is 11.5 Å². The van der Waals surface area contributed by atoms with Crippen molar-refractivity contribution in [1.82, 2.24) is 4.90 Å². The number of unbranched alkanes of at least 4 members (excludes halogenated alkanes) is 1. The zero-order valence-corrected chi connectivity index (χ0v) is 13.9. The summed E-state index contributed by atoms with van der Waals surface area (Å²) in [6.07, 6.45) is 4.21. The normalized spacial score (nSPS) is 19.2. The monoisotopic (exact) mass is 319 g/mol. The smallest absolute Gasteiger partial charge is 0.254 e. The molecule has 1 amide bonds. The van der Waals surface area contributed by atoms with Crippen LogP contribution in [0, 0.1) is 5.92 Å². The fraction of sp³-hybridized carbons (Fsp3) is 0.611. The van der Waals surface area contributed by atoms with E-state index in [0.29, 0.717) is 42.7 Å². The van der Waals surface area contributed by atoms with Crippen molar-refractivity contribution in [2.75, 3.05) is 26.8 Å². The number of hydrogen-bond donors (Lipinski definition) is 1. The first-order valence-electron chi connectivity index (χ1n) is 8.40. The lowest BCUT2D eigenvalue weighted by Crippen LogP contribution is -2.64. The van der Waals surface area contributed by atoms with Gasteiger partial charge in [0.2, 0.25) is 0 Å². The Hall–Kier alpha value is -1.75. The predicted molar refractivity (Wildman–Crippen MR) is 87.0 cm³/mol. The van der Waals surface area contributed by atoms with Gasteiger partial charge in [-0.25, -0.2) is 0 Å². The molecule has 0 bridgehead atoms. The number of aliphatic hydroxyl groups is 1. The Morgan fingerprint density at radius 2 is 2.09 bits per heavy atom. The minimum atomic E-state index is -0.650. The van der Waals surface area contributed by atoms with Crippen LogP contribution < -0.4 is 9.47 Å². The number of amides is 1. The fourth-order valence-electron chi connectivity index (χ4n) is 3.07. The summed E-state index contributed by atoms with van der Waals surface area (Å²) in [7, 11) is 1.58. The Morgan fingerprint density at radius 1 is 1.35 bits per heavy atom. The van der Waals surface area contributed by atoms with Gasteiger partial charge in [-0.2, -0.15) is 0 Å². The number of carbonyl (C=O) groups excluding carboxylic acids is 1. The molecule has 1 aliphatic carbocycles. The number of β-amino-alcohol motifs (C(OH)–C–C–N with tert-alkyl or cyclic N) is 1. The molecule has 1 saturated heterocycles. The molecule has 1 aromatic carbocycles. The summed E-state index contributed by atoms with van der Waals surface area (Å²) < 4.78 is 11.0. The van der Waals surface area contributed by atoms with Crippen LogP contribution in [0.3, 0.4) is 0 Å². The SMILES string of the molecule is CCCCOc1ccc(C(=O)N2CC(O)(C3CC3)C2)cc1OC. The van der Waals surface area contributed by atoms with Gasteiger partial charge in [0, 0.05) is 5.56 Å². The second kappa shape index (κ2) is 6.40. The molecule has 3 rings (SSSR count). The third-order valence-corrected chi connectivity index (χ3v) is 4.72. The van der Waals surface area contributed by atoms with Crippen LogP contribution in [0.4, 0.5) is 0 Å². The number of hydrogen-bond acceptors (Lipinski definition) is 4. The third kappa shape index (κ3) is 3.29. The molecule has 0 aromatic heterocycles. The first-order chi connectivity index (χ1) is 11.1. The molecule has 0 radical (unpaired) electrons. The number of rotatable bonds is 7. The number of benzene rings is 1. The van der Waals surface area contributed by atoms with Crippen LogP contribution in [0.5, 0.6) is 11.5 Å². The number of methoxy groups -OCH3 is 1. The summed E-state index contributed by atoms with van der Waals surface area (Å²) in [4.78, 5) is 14.2. The van der Waals surface area contributed by atoms with Crippen molar-refractivity contribution in [2.24, 2.45) is 5.92 Å². The van der Waals surface area contributed by atoms with Gasteiger partial charge in [0.05, 0.1) is 26.8 Å². The molecule has 5 heteroatoms. The Labute approximate surface area is 137 Å². The van der Waals surface area contributed by atoms with E-state index in [-0.39, 0.29) is 5.91 Å². The molecule has 126 valence electrons. The Bertz CT molecular complexity index is 576. The fourth-order valence-corrected chi connectivity index (χ4v) is 3.07. The van der Waals surface area contributed by atoms with E-state index in [4.69, 9.17) is 9.47 Å². The summed E-state index contributed by atoms with van der Waals surface area (Å²) in [5.41, 5.74) is -0.0781. The maximum atomic E-state index is 12.5. The molecule has 5 nitrogen and oxygen atoms in total. The molecule has 1 saturated carbocycles. The summed E-state index contributed by atoms with van der Waals surface area (Å²) in [5, 5.41) is 10.3. The Kier molecular flexibility index (Phi) is 4.48. The van der Waals surface area contributed by atoms with E-state index in [0.717, 1.165) is 25.7 Å². The molecule has 2 fully saturated rings. The Balaban J connectivity index is 1.64. The number of likely N-dealkylation sites (tertiary alicyclic amines) is 1. The van der Waals surface area contributed by atoms with Crippen LogP contribution in [0.25, 0.3) is 0 Å². The summed E-state index contributed by atoms with van der Waals surface area (Å²) in [6, 6.07) is 5.27. The molecule has 23 heavy (non-hydrogen) atoms. The van der Waals surface area contributed by atoms with Crippen LogP contribution in [0.1, 0.15) is 43.0 Å². The zero-order chi connectivity index (χ0) is 16.4. The maximum Gasteiger partial charge on any atom is 0.254 e. The third-order valence-electron chi connectivity index (χ3n) is 4.72. The van der Waals surface area contributed by atoms with Gasteiger partial charge in [0.1, 0.15) is 5.60 Å². The van der Waals surface area contributed by atoms with E-state index in [1.807, 2.05) is 0 Å². The first kappa shape index (κ1) is 16.1. The van der Waals surface area contributed by atoms with Crippen molar-refractivity contribution in [3.63, 3.8) is 0 Å². The summed E-state index contributed by atoms with van der Waals surface area (Å²) >= 11 is 0. The van der Waals surface area contributed by atoms with E-state index in [9.17, 15) is 9.90 Å². The van der Waals surface area contributed by atoms with E-state index in [2.05, 4.69) is 6.92 Å². The van der Waals surface area contributed by atoms with Crippen molar-refractivity contribution >= 4 is 5.91 Å². The molecular weight excluding hydrogens is 294 g/mol. The molecule has 0 spiro atoms. The quantitative estimate of drug-likeness (QED) is 0.784. The van der Waals surface area contributed by atoms with E-state index in [1.165, 1.54) is 0 Å². The van der Waals surface area contributed by atoms with Crippen LogP contribution in [0.15, 0.2) is 18.2 Å². The highest BCUT2D eigenvalue weighted by atomic mass is 16.5. The minimum Gasteiger partial charge on any atom is -0.493 e. The highest BCUT2D eigenvalue weighted by Gasteiger charge is 2.53. The van der Waals surface area contributed by atoms with Gasteiger partial charge in [-0.05, 0) is 43.4 Å². The molecule has 1 aliphatic heterocycles.